The molecule has 1 atom stereocenters. The van der Waals surface area contributed by atoms with Gasteiger partial charge in [0.2, 0.25) is 0 Å². The van der Waals surface area contributed by atoms with Gasteiger partial charge in [0.25, 0.3) is 5.91 Å². The van der Waals surface area contributed by atoms with Gasteiger partial charge >= 0.3 is 12.1 Å². The zero-order valence-corrected chi connectivity index (χ0v) is 18.4. The number of ether oxygens (including phenoxy) is 1. The Hall–Kier alpha value is -3.30. The van der Waals surface area contributed by atoms with E-state index in [1.54, 1.807) is 0 Å². The van der Waals surface area contributed by atoms with Gasteiger partial charge in [-0.05, 0) is 50.3 Å². The van der Waals surface area contributed by atoms with E-state index in [2.05, 4.69) is 9.84 Å². The molecule has 2 aliphatic rings. The van der Waals surface area contributed by atoms with Crippen LogP contribution in [0, 0.1) is 6.92 Å². The van der Waals surface area contributed by atoms with E-state index in [0.717, 1.165) is 23.9 Å². The van der Waals surface area contributed by atoms with Gasteiger partial charge < -0.3 is 4.74 Å². The number of aromatic nitrogens is 2. The number of carbonyl (C=O) groups is 2. The Morgan fingerprint density at radius 2 is 1.88 bits per heavy atom. The van der Waals surface area contributed by atoms with Crippen LogP contribution in [-0.4, -0.2) is 34.9 Å². The lowest BCUT2D eigenvalue weighted by molar-refractivity contribution is -0.138. The van der Waals surface area contributed by atoms with Crippen LogP contribution in [0.25, 0.3) is 5.57 Å². The van der Waals surface area contributed by atoms with Gasteiger partial charge in [0.15, 0.2) is 0 Å². The zero-order chi connectivity index (χ0) is 24.8. The predicted octanol–water partition coefficient (Wildman–Crippen LogP) is 5.30. The maximum absolute atomic E-state index is 15.1. The highest BCUT2D eigenvalue weighted by Gasteiger charge is 2.39. The van der Waals surface area contributed by atoms with Crippen molar-refractivity contribution in [3.8, 4) is 0 Å². The normalized spacial score (nSPS) is 18.4. The monoisotopic (exact) mass is 480 g/mol. The van der Waals surface area contributed by atoms with E-state index in [0.29, 0.717) is 36.9 Å². The number of alkyl halides is 4. The van der Waals surface area contributed by atoms with Crippen LogP contribution in [0.4, 0.5) is 22.0 Å². The molecule has 0 saturated heterocycles. The number of benzene rings is 1. The van der Waals surface area contributed by atoms with Crippen molar-refractivity contribution in [2.45, 2.75) is 51.4 Å². The topological polar surface area (TPSA) is 61.2 Å². The van der Waals surface area contributed by atoms with Gasteiger partial charge in [-0.1, -0.05) is 12.1 Å². The highest BCUT2D eigenvalue weighted by atomic mass is 19.4. The molecule has 1 heterocycles. The summed E-state index contributed by atoms with van der Waals surface area (Å²) in [6.45, 7) is 1.39. The standard InChI is InChI=1S/C24H21F5N2O3/c1-12-6-5-8-15(24(27,28)29)19(12)22(32)31-18-9-4-3-7-14(18)21(30-31)20-16(25)10-13(11-17(20)26)23(33)34-2/h5-6,8,10,17H,3-4,7,9,11H2,1-2H3. The van der Waals surface area contributed by atoms with E-state index >= 15 is 4.39 Å². The second-order valence-corrected chi connectivity index (χ2v) is 8.29. The molecule has 1 aromatic carbocycles. The summed E-state index contributed by atoms with van der Waals surface area (Å²) in [6, 6.07) is 3.41. The molecule has 2 aromatic rings. The van der Waals surface area contributed by atoms with Crippen molar-refractivity contribution in [1.29, 1.82) is 0 Å². The van der Waals surface area contributed by atoms with Crippen LogP contribution in [0.3, 0.4) is 0 Å². The van der Waals surface area contributed by atoms with Gasteiger partial charge in [-0.2, -0.15) is 23.0 Å². The first-order valence-electron chi connectivity index (χ1n) is 10.7. The van der Waals surface area contributed by atoms with Gasteiger partial charge in [-0.25, -0.2) is 13.6 Å². The number of carbonyl (C=O) groups excluding carboxylic acids is 2. The summed E-state index contributed by atoms with van der Waals surface area (Å²) in [4.78, 5) is 25.1. The van der Waals surface area contributed by atoms with Crippen LogP contribution < -0.4 is 0 Å². The molecule has 0 aliphatic heterocycles. The zero-order valence-electron chi connectivity index (χ0n) is 18.4. The van der Waals surface area contributed by atoms with E-state index in [-0.39, 0.29) is 16.8 Å². The Bertz CT molecular complexity index is 1240. The Balaban J connectivity index is 1.89. The smallest absolute Gasteiger partial charge is 0.417 e. The Morgan fingerprint density at radius 1 is 1.18 bits per heavy atom. The minimum atomic E-state index is -4.77. The van der Waals surface area contributed by atoms with Gasteiger partial charge in [-0.15, -0.1) is 0 Å². The summed E-state index contributed by atoms with van der Waals surface area (Å²) in [6.07, 6.45) is -4.26. The number of allylic oxidation sites excluding steroid dienone is 3. The van der Waals surface area contributed by atoms with Crippen molar-refractivity contribution in [3.05, 3.63) is 69.3 Å². The number of hydrogen-bond donors (Lipinski definition) is 0. The lowest BCUT2D eigenvalue weighted by atomic mass is 9.88. The Morgan fingerprint density at radius 3 is 2.53 bits per heavy atom. The predicted molar refractivity (Wildman–Crippen MR) is 112 cm³/mol. The Kier molecular flexibility index (Phi) is 6.18. The van der Waals surface area contributed by atoms with Gasteiger partial charge in [0.1, 0.15) is 12.0 Å². The third-order valence-corrected chi connectivity index (χ3v) is 6.14. The molecule has 10 heteroatoms. The van der Waals surface area contributed by atoms with Crippen LogP contribution in [0.1, 0.15) is 57.7 Å². The average Bonchev–Trinajstić information content (AvgIpc) is 3.16. The van der Waals surface area contributed by atoms with E-state index in [1.165, 1.54) is 19.1 Å². The fraction of sp³-hybridized carbons (Fsp3) is 0.375. The number of halogens is 5. The molecule has 180 valence electrons. The maximum atomic E-state index is 15.1. The van der Waals surface area contributed by atoms with E-state index in [1.807, 2.05) is 0 Å². The van der Waals surface area contributed by atoms with Crippen molar-refractivity contribution in [2.75, 3.05) is 7.11 Å². The lowest BCUT2D eigenvalue weighted by Gasteiger charge is -2.20. The van der Waals surface area contributed by atoms with E-state index < -0.39 is 53.2 Å². The molecule has 1 unspecified atom stereocenters. The summed E-state index contributed by atoms with van der Waals surface area (Å²) < 4.78 is 76.4. The summed E-state index contributed by atoms with van der Waals surface area (Å²) in [5.41, 5.74) is -1.47. The van der Waals surface area contributed by atoms with Crippen molar-refractivity contribution >= 4 is 17.4 Å². The largest absolute Gasteiger partial charge is 0.466 e. The third-order valence-electron chi connectivity index (χ3n) is 6.14. The third kappa shape index (κ3) is 4.05. The van der Waals surface area contributed by atoms with Gasteiger partial charge in [0.05, 0.1) is 29.6 Å². The summed E-state index contributed by atoms with van der Waals surface area (Å²) in [7, 11) is 1.10. The SMILES string of the molecule is COC(=O)C1=CC(F)=C(c2nn(C(=O)c3c(C)cccc3C(F)(F)F)c3c2CCCC3)C(F)C1. The molecular formula is C24H21F5N2O3. The van der Waals surface area contributed by atoms with Crippen molar-refractivity contribution in [2.24, 2.45) is 0 Å². The number of hydrogen-bond acceptors (Lipinski definition) is 4. The van der Waals surface area contributed by atoms with Crippen LogP contribution in [0.5, 0.6) is 0 Å². The van der Waals surface area contributed by atoms with Crippen LogP contribution in [0.2, 0.25) is 0 Å². The quantitative estimate of drug-likeness (QED) is 0.442. The first kappa shape index (κ1) is 23.8. The van der Waals surface area contributed by atoms with Crippen molar-refractivity contribution in [3.63, 3.8) is 0 Å². The van der Waals surface area contributed by atoms with Gasteiger partial charge in [0, 0.05) is 23.1 Å². The fourth-order valence-electron chi connectivity index (χ4n) is 4.55. The highest BCUT2D eigenvalue weighted by Crippen LogP contribution is 2.39. The second kappa shape index (κ2) is 8.81. The molecule has 0 N–H and O–H groups in total. The number of esters is 1. The van der Waals surface area contributed by atoms with Crippen LogP contribution >= 0.6 is 0 Å². The molecule has 0 fully saturated rings. The lowest BCUT2D eigenvalue weighted by Crippen LogP contribution is -2.23. The van der Waals surface area contributed by atoms with E-state index in [9.17, 15) is 27.2 Å². The Labute approximate surface area is 191 Å². The first-order chi connectivity index (χ1) is 16.0. The van der Waals surface area contributed by atoms with Gasteiger partial charge in [-0.3, -0.25) is 4.79 Å². The highest BCUT2D eigenvalue weighted by molar-refractivity contribution is 5.99. The summed E-state index contributed by atoms with van der Waals surface area (Å²) in [5, 5.41) is 4.16. The van der Waals surface area contributed by atoms with Crippen molar-refractivity contribution < 1.29 is 36.3 Å². The average molecular weight is 480 g/mol. The molecule has 0 spiro atoms. The number of methoxy groups -OCH3 is 1. The first-order valence-corrected chi connectivity index (χ1v) is 10.7. The number of fused-ring (bicyclic) bond motifs is 1. The maximum Gasteiger partial charge on any atom is 0.417 e. The minimum absolute atomic E-state index is 0.102. The fourth-order valence-corrected chi connectivity index (χ4v) is 4.55. The summed E-state index contributed by atoms with van der Waals surface area (Å²) >= 11 is 0. The summed E-state index contributed by atoms with van der Waals surface area (Å²) in [5.74, 6) is -2.90. The van der Waals surface area contributed by atoms with Crippen molar-refractivity contribution in [1.82, 2.24) is 9.78 Å². The minimum Gasteiger partial charge on any atom is -0.466 e. The molecule has 4 rings (SSSR count). The molecule has 0 radical (unpaired) electrons. The molecule has 0 saturated carbocycles. The second-order valence-electron chi connectivity index (χ2n) is 8.29. The van der Waals surface area contributed by atoms with Crippen LogP contribution in [0.15, 0.2) is 35.7 Å². The van der Waals surface area contributed by atoms with Crippen LogP contribution in [-0.2, 0) is 28.5 Å². The number of nitrogens with zero attached hydrogens (tertiary/aromatic N) is 2. The molecule has 5 nitrogen and oxygen atoms in total. The molecule has 34 heavy (non-hydrogen) atoms. The molecular weight excluding hydrogens is 459 g/mol. The number of rotatable bonds is 3. The molecule has 1 aromatic heterocycles. The molecule has 2 aliphatic carbocycles. The number of aryl methyl sites for hydroxylation is 1. The van der Waals surface area contributed by atoms with E-state index in [4.69, 9.17) is 0 Å². The molecule has 0 amide bonds. The molecule has 0 bridgehead atoms.